The largest absolute Gasteiger partial charge is 0.289 e. The highest BCUT2D eigenvalue weighted by Crippen LogP contribution is 2.32. The standard InChI is InChI=1S/C15H13FN2OS/c16-12-5-3-11(4-6-12)14(19)7-8-20-15-17-9-13(18-15)10-1-2-10/h3-8,10H,1-2,9H2/b8-7+. The molecule has 5 heteroatoms. The Morgan fingerprint density at radius 2 is 2.05 bits per heavy atom. The Bertz CT molecular complexity index is 615. The number of rotatable bonds is 4. The summed E-state index contributed by atoms with van der Waals surface area (Å²) in [5.41, 5.74) is 1.64. The minimum absolute atomic E-state index is 0.150. The van der Waals surface area contributed by atoms with Gasteiger partial charge in [0.15, 0.2) is 11.0 Å². The molecule has 3 nitrogen and oxygen atoms in total. The zero-order chi connectivity index (χ0) is 13.9. The highest BCUT2D eigenvalue weighted by atomic mass is 32.2. The van der Waals surface area contributed by atoms with E-state index in [1.807, 2.05) is 0 Å². The molecule has 0 spiro atoms. The highest BCUT2D eigenvalue weighted by Gasteiger charge is 2.29. The Morgan fingerprint density at radius 1 is 1.30 bits per heavy atom. The van der Waals surface area contributed by atoms with Gasteiger partial charge in [0.25, 0.3) is 0 Å². The van der Waals surface area contributed by atoms with Crippen LogP contribution in [0, 0.1) is 11.7 Å². The lowest BCUT2D eigenvalue weighted by Crippen LogP contribution is -2.00. The molecule has 102 valence electrons. The van der Waals surface area contributed by atoms with Gasteiger partial charge in [-0.05, 0) is 54.5 Å². The molecule has 3 rings (SSSR count). The molecule has 1 heterocycles. The molecule has 0 N–H and O–H groups in total. The number of ketones is 1. The first-order valence-electron chi connectivity index (χ1n) is 6.47. The van der Waals surface area contributed by atoms with E-state index in [1.165, 1.54) is 60.7 Å². The number of hydrogen-bond acceptors (Lipinski definition) is 4. The van der Waals surface area contributed by atoms with Crippen molar-refractivity contribution in [2.45, 2.75) is 12.8 Å². The maximum atomic E-state index is 12.7. The topological polar surface area (TPSA) is 41.8 Å². The number of nitrogens with zero attached hydrogens (tertiary/aromatic N) is 2. The smallest absolute Gasteiger partial charge is 0.187 e. The summed E-state index contributed by atoms with van der Waals surface area (Å²) in [6, 6.07) is 5.51. The van der Waals surface area contributed by atoms with E-state index in [0.717, 1.165) is 5.17 Å². The van der Waals surface area contributed by atoms with Gasteiger partial charge in [0.1, 0.15) is 5.82 Å². The number of benzene rings is 1. The number of amidine groups is 1. The molecule has 1 aliphatic heterocycles. The van der Waals surface area contributed by atoms with E-state index in [1.54, 1.807) is 5.41 Å². The average Bonchev–Trinajstić information content (AvgIpc) is 3.20. The SMILES string of the molecule is O=C(/C=C/SC1=NCC(C2CC2)=N1)c1ccc(F)cc1. The quantitative estimate of drug-likeness (QED) is 0.629. The van der Waals surface area contributed by atoms with Crippen LogP contribution in [0.15, 0.2) is 45.7 Å². The fourth-order valence-corrected chi connectivity index (χ4v) is 2.53. The summed E-state index contributed by atoms with van der Waals surface area (Å²) in [6.07, 6.45) is 3.92. The Hall–Kier alpha value is -1.75. The summed E-state index contributed by atoms with van der Waals surface area (Å²) in [5.74, 6) is 0.145. The van der Waals surface area contributed by atoms with Gasteiger partial charge in [0, 0.05) is 11.3 Å². The van der Waals surface area contributed by atoms with Crippen LogP contribution in [0.2, 0.25) is 0 Å². The molecule has 0 radical (unpaired) electrons. The number of thioether (sulfide) groups is 1. The third kappa shape index (κ3) is 3.22. The number of carbonyl (C=O) groups excluding carboxylic acids is 1. The van der Waals surface area contributed by atoms with E-state index in [4.69, 9.17) is 0 Å². The number of aliphatic imine (C=N–C) groups is 2. The molecule has 0 unspecified atom stereocenters. The van der Waals surface area contributed by atoms with Crippen molar-refractivity contribution >= 4 is 28.4 Å². The van der Waals surface area contributed by atoms with Crippen LogP contribution in [0.1, 0.15) is 23.2 Å². The fourth-order valence-electron chi connectivity index (χ4n) is 1.91. The molecule has 2 aliphatic rings. The number of halogens is 1. The molecule has 1 aromatic carbocycles. The van der Waals surface area contributed by atoms with E-state index in [0.29, 0.717) is 18.0 Å². The number of hydrogen-bond donors (Lipinski definition) is 0. The lowest BCUT2D eigenvalue weighted by atomic mass is 10.1. The van der Waals surface area contributed by atoms with Crippen molar-refractivity contribution in [1.82, 2.24) is 0 Å². The van der Waals surface area contributed by atoms with Crippen LogP contribution in [0.5, 0.6) is 0 Å². The highest BCUT2D eigenvalue weighted by molar-refractivity contribution is 8.16. The molecule has 0 aromatic heterocycles. The van der Waals surface area contributed by atoms with Gasteiger partial charge in [-0.2, -0.15) is 0 Å². The van der Waals surface area contributed by atoms with Gasteiger partial charge in [-0.25, -0.2) is 9.38 Å². The average molecular weight is 288 g/mol. The zero-order valence-corrected chi connectivity index (χ0v) is 11.6. The zero-order valence-electron chi connectivity index (χ0n) is 10.8. The van der Waals surface area contributed by atoms with Gasteiger partial charge in [0.2, 0.25) is 0 Å². The van der Waals surface area contributed by atoms with Gasteiger partial charge in [-0.1, -0.05) is 11.8 Å². The maximum absolute atomic E-state index is 12.7. The van der Waals surface area contributed by atoms with Gasteiger partial charge in [0.05, 0.1) is 6.54 Å². The summed E-state index contributed by atoms with van der Waals surface area (Å²) in [5, 5.41) is 2.40. The summed E-state index contributed by atoms with van der Waals surface area (Å²) >= 11 is 1.35. The van der Waals surface area contributed by atoms with E-state index >= 15 is 0 Å². The van der Waals surface area contributed by atoms with Crippen molar-refractivity contribution in [3.63, 3.8) is 0 Å². The summed E-state index contributed by atoms with van der Waals surface area (Å²) in [7, 11) is 0. The molecular formula is C15H13FN2OS. The monoisotopic (exact) mass is 288 g/mol. The first-order chi connectivity index (χ1) is 9.72. The maximum Gasteiger partial charge on any atom is 0.187 e. The predicted octanol–water partition coefficient (Wildman–Crippen LogP) is 3.48. The minimum Gasteiger partial charge on any atom is -0.289 e. The van der Waals surface area contributed by atoms with Crippen molar-refractivity contribution < 1.29 is 9.18 Å². The predicted molar refractivity (Wildman–Crippen MR) is 79.9 cm³/mol. The van der Waals surface area contributed by atoms with E-state index in [-0.39, 0.29) is 11.6 Å². The van der Waals surface area contributed by atoms with Crippen LogP contribution in [-0.2, 0) is 0 Å². The van der Waals surface area contributed by atoms with Crippen LogP contribution in [0.3, 0.4) is 0 Å². The van der Waals surface area contributed by atoms with Crippen LogP contribution in [-0.4, -0.2) is 23.2 Å². The van der Waals surface area contributed by atoms with Gasteiger partial charge >= 0.3 is 0 Å². The second kappa shape index (κ2) is 5.71. The molecule has 20 heavy (non-hydrogen) atoms. The van der Waals surface area contributed by atoms with Crippen LogP contribution < -0.4 is 0 Å². The van der Waals surface area contributed by atoms with Gasteiger partial charge < -0.3 is 0 Å². The molecule has 1 aliphatic carbocycles. The molecule has 1 aromatic rings. The Kier molecular flexibility index (Phi) is 3.78. The first kappa shape index (κ1) is 13.2. The second-order valence-electron chi connectivity index (χ2n) is 4.77. The molecular weight excluding hydrogens is 275 g/mol. The van der Waals surface area contributed by atoms with E-state index in [2.05, 4.69) is 9.98 Å². The lowest BCUT2D eigenvalue weighted by molar-refractivity contribution is 0.104. The van der Waals surface area contributed by atoms with Crippen molar-refractivity contribution in [3.05, 3.63) is 47.1 Å². The lowest BCUT2D eigenvalue weighted by Gasteiger charge is -1.95. The Labute approximate surface area is 120 Å². The molecule has 0 atom stereocenters. The minimum atomic E-state index is -0.345. The van der Waals surface area contributed by atoms with Crippen molar-refractivity contribution in [3.8, 4) is 0 Å². The van der Waals surface area contributed by atoms with Crippen molar-refractivity contribution in [1.29, 1.82) is 0 Å². The van der Waals surface area contributed by atoms with Crippen LogP contribution in [0.25, 0.3) is 0 Å². The summed E-state index contributed by atoms with van der Waals surface area (Å²) in [6.45, 7) is 0.701. The van der Waals surface area contributed by atoms with Crippen LogP contribution in [0.4, 0.5) is 4.39 Å². The molecule has 0 amide bonds. The third-order valence-corrected chi connectivity index (χ3v) is 3.89. The first-order valence-corrected chi connectivity index (χ1v) is 7.35. The fraction of sp³-hybridized carbons (Fsp3) is 0.267. The number of carbonyl (C=O) groups is 1. The van der Waals surface area contributed by atoms with Crippen molar-refractivity contribution in [2.75, 3.05) is 6.54 Å². The number of allylic oxidation sites excluding steroid dienone is 1. The van der Waals surface area contributed by atoms with Crippen molar-refractivity contribution in [2.24, 2.45) is 15.9 Å². The second-order valence-corrected chi connectivity index (χ2v) is 5.64. The Balaban J connectivity index is 1.55. The Morgan fingerprint density at radius 3 is 2.75 bits per heavy atom. The van der Waals surface area contributed by atoms with E-state index in [9.17, 15) is 9.18 Å². The summed E-state index contributed by atoms with van der Waals surface area (Å²) in [4.78, 5) is 20.6. The molecule has 1 fully saturated rings. The molecule has 0 bridgehead atoms. The van der Waals surface area contributed by atoms with Crippen LogP contribution >= 0.6 is 11.8 Å². The molecule has 1 saturated carbocycles. The van der Waals surface area contributed by atoms with E-state index < -0.39 is 0 Å². The summed E-state index contributed by atoms with van der Waals surface area (Å²) < 4.78 is 12.7. The normalized spacial score (nSPS) is 18.2. The van der Waals surface area contributed by atoms with Gasteiger partial charge in [-0.15, -0.1) is 0 Å². The molecule has 0 saturated heterocycles. The van der Waals surface area contributed by atoms with Gasteiger partial charge in [-0.3, -0.25) is 9.79 Å². The third-order valence-electron chi connectivity index (χ3n) is 3.19.